The Morgan fingerprint density at radius 1 is 1.39 bits per heavy atom. The third-order valence-electron chi connectivity index (χ3n) is 4.93. The minimum Gasteiger partial charge on any atom is -0.444 e. The molecule has 8 heteroatoms. The highest BCUT2D eigenvalue weighted by Crippen LogP contribution is 2.37. The van der Waals surface area contributed by atoms with Gasteiger partial charge in [0.05, 0.1) is 4.92 Å². The van der Waals surface area contributed by atoms with Crippen LogP contribution in [0.5, 0.6) is 0 Å². The summed E-state index contributed by atoms with van der Waals surface area (Å²) in [6, 6.07) is 0. The first-order valence-electron chi connectivity index (χ1n) is 9.27. The summed E-state index contributed by atoms with van der Waals surface area (Å²) in [4.78, 5) is 29.3. The normalized spacial score (nSPS) is 17.6. The van der Waals surface area contributed by atoms with Gasteiger partial charge in [-0.25, -0.2) is 9.78 Å². The predicted octanol–water partition coefficient (Wildman–Crippen LogP) is 4.06. The lowest BCUT2D eigenvalue weighted by molar-refractivity contribution is -0.385. The maximum Gasteiger partial charge on any atom is 0.410 e. The predicted molar refractivity (Wildman–Crippen MR) is 107 cm³/mol. The zero-order chi connectivity index (χ0) is 20.8. The molecule has 0 N–H and O–H groups in total. The summed E-state index contributed by atoms with van der Waals surface area (Å²) in [7, 11) is 1.88. The van der Waals surface area contributed by atoms with Gasteiger partial charge in [0, 0.05) is 42.8 Å². The standard InChI is InChI=1S/C20H26N4O4/c1-12-10-23(19(25)28-20(3,4)5)8-7-14(12)15-11-22(6)18-17(15)13(2)16(9-21-18)24(26)27/h7,9,11-12H,8,10H2,1-6H3. The third-order valence-corrected chi connectivity index (χ3v) is 4.93. The van der Waals surface area contributed by atoms with Crippen LogP contribution in [0, 0.1) is 23.0 Å². The van der Waals surface area contributed by atoms with Gasteiger partial charge >= 0.3 is 6.09 Å². The van der Waals surface area contributed by atoms with E-state index >= 15 is 0 Å². The highest BCUT2D eigenvalue weighted by molar-refractivity contribution is 5.96. The number of pyridine rings is 1. The number of ether oxygens (including phenoxy) is 1. The summed E-state index contributed by atoms with van der Waals surface area (Å²) in [5.41, 5.74) is 2.79. The molecule has 0 fully saturated rings. The van der Waals surface area contributed by atoms with E-state index in [9.17, 15) is 14.9 Å². The quantitative estimate of drug-likeness (QED) is 0.573. The van der Waals surface area contributed by atoms with Gasteiger partial charge in [-0.2, -0.15) is 0 Å². The van der Waals surface area contributed by atoms with Crippen LogP contribution in [0.2, 0.25) is 0 Å². The highest BCUT2D eigenvalue weighted by Gasteiger charge is 2.29. The van der Waals surface area contributed by atoms with Gasteiger partial charge in [0.25, 0.3) is 5.69 Å². The van der Waals surface area contributed by atoms with Crippen molar-refractivity contribution < 1.29 is 14.5 Å². The molecule has 0 spiro atoms. The van der Waals surface area contributed by atoms with Crippen LogP contribution in [0.15, 0.2) is 18.5 Å². The molecule has 2 aromatic heterocycles. The number of rotatable bonds is 2. The van der Waals surface area contributed by atoms with E-state index in [0.29, 0.717) is 24.3 Å². The molecule has 0 saturated carbocycles. The number of nitro groups is 1. The van der Waals surface area contributed by atoms with Crippen molar-refractivity contribution in [1.82, 2.24) is 14.5 Å². The lowest BCUT2D eigenvalue weighted by Crippen LogP contribution is -2.41. The lowest BCUT2D eigenvalue weighted by atomic mass is 9.89. The summed E-state index contributed by atoms with van der Waals surface area (Å²) >= 11 is 0. The van der Waals surface area contributed by atoms with E-state index in [2.05, 4.69) is 4.98 Å². The van der Waals surface area contributed by atoms with Crippen LogP contribution in [-0.4, -0.2) is 44.2 Å². The molecule has 0 aromatic carbocycles. The largest absolute Gasteiger partial charge is 0.444 e. The van der Waals surface area contributed by atoms with Gasteiger partial charge in [-0.15, -0.1) is 0 Å². The SMILES string of the molecule is Cc1c([N+](=O)[O-])cnc2c1c(C1=CCN(C(=O)OC(C)(C)C)CC1C)cn2C. The minimum atomic E-state index is -0.540. The van der Waals surface area contributed by atoms with Crippen LogP contribution in [-0.2, 0) is 11.8 Å². The topological polar surface area (TPSA) is 90.5 Å². The van der Waals surface area contributed by atoms with Gasteiger partial charge in [0.2, 0.25) is 0 Å². The van der Waals surface area contributed by atoms with Crippen LogP contribution in [0.4, 0.5) is 10.5 Å². The average Bonchev–Trinajstić information content (AvgIpc) is 2.90. The van der Waals surface area contributed by atoms with Crippen molar-refractivity contribution >= 4 is 28.4 Å². The number of carbonyl (C=O) groups is 1. The van der Waals surface area contributed by atoms with Crippen molar-refractivity contribution in [3.63, 3.8) is 0 Å². The molecule has 1 unspecified atom stereocenters. The van der Waals surface area contributed by atoms with Crippen molar-refractivity contribution in [3.8, 4) is 0 Å². The smallest absolute Gasteiger partial charge is 0.410 e. The zero-order valence-electron chi connectivity index (χ0n) is 17.1. The first-order valence-corrected chi connectivity index (χ1v) is 9.27. The Kier molecular flexibility index (Phi) is 4.91. The van der Waals surface area contributed by atoms with Crippen LogP contribution >= 0.6 is 0 Å². The van der Waals surface area contributed by atoms with E-state index < -0.39 is 10.5 Å². The summed E-state index contributed by atoms with van der Waals surface area (Å²) < 4.78 is 7.35. The Bertz CT molecular complexity index is 984. The second kappa shape index (κ2) is 6.92. The Hall–Kier alpha value is -2.90. The van der Waals surface area contributed by atoms with E-state index in [1.807, 2.05) is 51.6 Å². The summed E-state index contributed by atoms with van der Waals surface area (Å²) in [5.74, 6) is 0.0607. The van der Waals surface area contributed by atoms with E-state index in [-0.39, 0.29) is 17.7 Å². The Labute approximate surface area is 163 Å². The molecule has 3 heterocycles. The fourth-order valence-corrected chi connectivity index (χ4v) is 3.66. The first-order chi connectivity index (χ1) is 13.0. The monoisotopic (exact) mass is 386 g/mol. The lowest BCUT2D eigenvalue weighted by Gasteiger charge is -2.32. The van der Waals surface area contributed by atoms with Crippen molar-refractivity contribution in [2.24, 2.45) is 13.0 Å². The molecule has 0 saturated heterocycles. The van der Waals surface area contributed by atoms with Gasteiger partial charge < -0.3 is 14.2 Å². The van der Waals surface area contributed by atoms with Gasteiger partial charge in [-0.05, 0) is 39.2 Å². The number of hydrogen-bond donors (Lipinski definition) is 0. The van der Waals surface area contributed by atoms with Crippen molar-refractivity contribution in [1.29, 1.82) is 0 Å². The fraction of sp³-hybridized carbons (Fsp3) is 0.500. The van der Waals surface area contributed by atoms with E-state index in [0.717, 1.165) is 16.5 Å². The highest BCUT2D eigenvalue weighted by atomic mass is 16.6. The average molecular weight is 386 g/mol. The number of nitrogens with zero attached hydrogens (tertiary/aromatic N) is 4. The Balaban J connectivity index is 2.00. The molecule has 1 aliphatic rings. The molecule has 1 aliphatic heterocycles. The molecule has 1 amide bonds. The number of hydrogen-bond acceptors (Lipinski definition) is 5. The number of aryl methyl sites for hydroxylation is 2. The fourth-order valence-electron chi connectivity index (χ4n) is 3.66. The number of aromatic nitrogens is 2. The summed E-state index contributed by atoms with van der Waals surface area (Å²) in [5, 5.41) is 12.1. The van der Waals surface area contributed by atoms with E-state index in [1.165, 1.54) is 6.20 Å². The third kappa shape index (κ3) is 3.58. The van der Waals surface area contributed by atoms with Crippen LogP contribution in [0.3, 0.4) is 0 Å². The number of fused-ring (bicyclic) bond motifs is 1. The number of amides is 1. The second-order valence-corrected chi connectivity index (χ2v) is 8.32. The van der Waals surface area contributed by atoms with Gasteiger partial charge in [-0.1, -0.05) is 13.0 Å². The maximum absolute atomic E-state index is 12.4. The summed E-state index contributed by atoms with van der Waals surface area (Å²) in [6.45, 7) is 10.3. The number of carbonyl (C=O) groups excluding carboxylic acids is 1. The zero-order valence-corrected chi connectivity index (χ0v) is 17.1. The van der Waals surface area contributed by atoms with E-state index in [1.54, 1.807) is 11.8 Å². The van der Waals surface area contributed by atoms with Crippen molar-refractivity contribution in [3.05, 3.63) is 39.7 Å². The molecule has 1 atom stereocenters. The Morgan fingerprint density at radius 2 is 2.07 bits per heavy atom. The van der Waals surface area contributed by atoms with Crippen LogP contribution in [0.1, 0.15) is 38.8 Å². The molecule has 2 aromatic rings. The molecule has 150 valence electrons. The first kappa shape index (κ1) is 19.9. The molecule has 0 radical (unpaired) electrons. The van der Waals surface area contributed by atoms with Crippen LogP contribution < -0.4 is 0 Å². The Morgan fingerprint density at radius 3 is 2.64 bits per heavy atom. The second-order valence-electron chi connectivity index (χ2n) is 8.32. The van der Waals surface area contributed by atoms with Gasteiger partial charge in [0.15, 0.2) is 0 Å². The molecule has 0 aliphatic carbocycles. The van der Waals surface area contributed by atoms with E-state index in [4.69, 9.17) is 4.74 Å². The molecule has 8 nitrogen and oxygen atoms in total. The van der Waals surface area contributed by atoms with Crippen LogP contribution in [0.25, 0.3) is 16.6 Å². The van der Waals surface area contributed by atoms with Crippen molar-refractivity contribution in [2.45, 2.75) is 40.2 Å². The molecular weight excluding hydrogens is 360 g/mol. The minimum absolute atomic E-state index is 0.0133. The van der Waals surface area contributed by atoms with Gasteiger partial charge in [0.1, 0.15) is 17.4 Å². The molecule has 28 heavy (non-hydrogen) atoms. The molecule has 0 bridgehead atoms. The molecular formula is C20H26N4O4. The van der Waals surface area contributed by atoms with Crippen molar-refractivity contribution in [2.75, 3.05) is 13.1 Å². The molecule has 3 rings (SSSR count). The van der Waals surface area contributed by atoms with Gasteiger partial charge in [-0.3, -0.25) is 10.1 Å². The summed E-state index contributed by atoms with van der Waals surface area (Å²) in [6.07, 6.45) is 4.94. The maximum atomic E-state index is 12.4.